The van der Waals surface area contributed by atoms with Gasteiger partial charge in [0, 0.05) is 25.2 Å². The van der Waals surface area contributed by atoms with Gasteiger partial charge in [0.1, 0.15) is 4.90 Å². The van der Waals surface area contributed by atoms with Gasteiger partial charge in [0.05, 0.1) is 10.6 Å². The number of nitro benzene ring substituents is 1. The Morgan fingerprint density at radius 2 is 2.00 bits per heavy atom. The number of nitro groups is 1. The molecule has 0 spiro atoms. The second kappa shape index (κ2) is 5.96. The number of sulfonamides is 1. The van der Waals surface area contributed by atoms with Crippen molar-refractivity contribution in [3.8, 4) is 0 Å². The molecule has 2 rings (SSSR count). The van der Waals surface area contributed by atoms with Gasteiger partial charge in [-0.15, -0.1) is 0 Å². The molecule has 1 aliphatic carbocycles. The summed E-state index contributed by atoms with van der Waals surface area (Å²) in [5.74, 6) is 5.32. The Hall–Kier alpha value is -1.71. The van der Waals surface area contributed by atoms with Crippen LogP contribution in [0.15, 0.2) is 23.1 Å². The number of nitrogen functional groups attached to an aromatic ring is 1. The number of hydrogen-bond donors (Lipinski definition) is 2. The molecule has 1 aromatic carbocycles. The molecule has 1 fully saturated rings. The Labute approximate surface area is 123 Å². The molecule has 0 aromatic heterocycles. The fourth-order valence-corrected chi connectivity index (χ4v) is 4.16. The summed E-state index contributed by atoms with van der Waals surface area (Å²) in [4.78, 5) is 10.0. The summed E-state index contributed by atoms with van der Waals surface area (Å²) in [6.45, 7) is 0. The Balaban J connectivity index is 2.46. The molecule has 0 aliphatic heterocycles. The minimum absolute atomic E-state index is 0.0695. The minimum Gasteiger partial charge on any atom is -0.323 e. The van der Waals surface area contributed by atoms with Crippen LogP contribution in [0.5, 0.6) is 0 Å². The van der Waals surface area contributed by atoms with Gasteiger partial charge >= 0.3 is 0 Å². The Kier molecular flexibility index (Phi) is 4.45. The van der Waals surface area contributed by atoms with Crippen LogP contribution in [0, 0.1) is 10.1 Å². The SMILES string of the molecule is CN(C1CCCC1)S(=O)(=O)c1cc([N+](=O)[O-])ccc1NN. The predicted molar refractivity (Wildman–Crippen MR) is 78.1 cm³/mol. The molecule has 1 saturated carbocycles. The van der Waals surface area contributed by atoms with Crippen molar-refractivity contribution in [2.45, 2.75) is 36.6 Å². The van der Waals surface area contributed by atoms with Gasteiger partial charge in [0.15, 0.2) is 0 Å². The van der Waals surface area contributed by atoms with Crippen LogP contribution in [0.25, 0.3) is 0 Å². The van der Waals surface area contributed by atoms with Gasteiger partial charge in [-0.2, -0.15) is 4.31 Å². The maximum absolute atomic E-state index is 12.7. The van der Waals surface area contributed by atoms with E-state index in [1.54, 1.807) is 0 Å². The summed E-state index contributed by atoms with van der Waals surface area (Å²) in [6.07, 6.45) is 3.58. The molecule has 9 heteroatoms. The first-order valence-corrected chi connectivity index (χ1v) is 8.05. The first-order valence-electron chi connectivity index (χ1n) is 6.61. The maximum Gasteiger partial charge on any atom is 0.270 e. The van der Waals surface area contributed by atoms with Crippen LogP contribution in [-0.2, 0) is 10.0 Å². The first kappa shape index (κ1) is 15.7. The quantitative estimate of drug-likeness (QED) is 0.482. The summed E-state index contributed by atoms with van der Waals surface area (Å²) in [5.41, 5.74) is 2.14. The van der Waals surface area contributed by atoms with E-state index in [4.69, 9.17) is 5.84 Å². The first-order chi connectivity index (χ1) is 9.87. The third kappa shape index (κ3) is 2.99. The van der Waals surface area contributed by atoms with Crippen LogP contribution >= 0.6 is 0 Å². The number of hydrazine groups is 1. The third-order valence-electron chi connectivity index (χ3n) is 3.83. The fourth-order valence-electron chi connectivity index (χ4n) is 2.58. The Morgan fingerprint density at radius 3 is 2.52 bits per heavy atom. The molecule has 0 unspecified atom stereocenters. The molecule has 116 valence electrons. The molecule has 0 atom stereocenters. The summed E-state index contributed by atoms with van der Waals surface area (Å²) in [5, 5.41) is 10.9. The highest BCUT2D eigenvalue weighted by Crippen LogP contribution is 2.32. The maximum atomic E-state index is 12.7. The third-order valence-corrected chi connectivity index (χ3v) is 5.78. The lowest BCUT2D eigenvalue weighted by Gasteiger charge is -2.24. The fraction of sp³-hybridized carbons (Fsp3) is 0.500. The van der Waals surface area contributed by atoms with E-state index in [0.29, 0.717) is 0 Å². The van der Waals surface area contributed by atoms with E-state index >= 15 is 0 Å². The van der Waals surface area contributed by atoms with Gasteiger partial charge in [-0.25, -0.2) is 8.42 Å². The average molecular weight is 314 g/mol. The average Bonchev–Trinajstić information content (AvgIpc) is 2.99. The summed E-state index contributed by atoms with van der Waals surface area (Å²) in [6, 6.07) is 3.48. The summed E-state index contributed by atoms with van der Waals surface area (Å²) >= 11 is 0. The van der Waals surface area contributed by atoms with Gasteiger partial charge in [0.25, 0.3) is 5.69 Å². The molecule has 0 heterocycles. The van der Waals surface area contributed by atoms with Crippen LogP contribution < -0.4 is 11.3 Å². The van der Waals surface area contributed by atoms with Gasteiger partial charge in [-0.3, -0.25) is 16.0 Å². The van der Waals surface area contributed by atoms with Crippen molar-refractivity contribution in [1.29, 1.82) is 0 Å². The van der Waals surface area contributed by atoms with Gasteiger partial charge in [-0.05, 0) is 18.9 Å². The number of nitrogens with zero attached hydrogens (tertiary/aromatic N) is 2. The Morgan fingerprint density at radius 1 is 1.38 bits per heavy atom. The van der Waals surface area contributed by atoms with Crippen LogP contribution in [0.3, 0.4) is 0 Å². The molecular weight excluding hydrogens is 296 g/mol. The highest BCUT2D eigenvalue weighted by atomic mass is 32.2. The van der Waals surface area contributed by atoms with Crippen molar-refractivity contribution < 1.29 is 13.3 Å². The molecule has 0 radical (unpaired) electrons. The predicted octanol–water partition coefficient (Wildman–Crippen LogP) is 1.44. The molecule has 1 aliphatic rings. The molecule has 0 saturated heterocycles. The largest absolute Gasteiger partial charge is 0.323 e. The van der Waals surface area contributed by atoms with Crippen molar-refractivity contribution in [2.75, 3.05) is 12.5 Å². The molecule has 1 aromatic rings. The van der Waals surface area contributed by atoms with Crippen molar-refractivity contribution in [3.63, 3.8) is 0 Å². The van der Waals surface area contributed by atoms with E-state index in [-0.39, 0.29) is 22.3 Å². The van der Waals surface area contributed by atoms with Crippen LogP contribution in [0.2, 0.25) is 0 Å². The van der Waals surface area contributed by atoms with Crippen molar-refractivity contribution in [2.24, 2.45) is 5.84 Å². The molecule has 3 N–H and O–H groups in total. The van der Waals surface area contributed by atoms with E-state index in [9.17, 15) is 18.5 Å². The van der Waals surface area contributed by atoms with Gasteiger partial charge in [0.2, 0.25) is 10.0 Å². The lowest BCUT2D eigenvalue weighted by atomic mass is 10.3. The molecule has 0 amide bonds. The molecule has 8 nitrogen and oxygen atoms in total. The number of benzene rings is 1. The van der Waals surface area contributed by atoms with Gasteiger partial charge in [-0.1, -0.05) is 12.8 Å². The zero-order chi connectivity index (χ0) is 15.6. The highest BCUT2D eigenvalue weighted by Gasteiger charge is 2.32. The van der Waals surface area contributed by atoms with E-state index < -0.39 is 14.9 Å². The lowest BCUT2D eigenvalue weighted by molar-refractivity contribution is -0.385. The number of rotatable bonds is 5. The van der Waals surface area contributed by atoms with Crippen LogP contribution in [0.4, 0.5) is 11.4 Å². The number of hydrogen-bond acceptors (Lipinski definition) is 6. The number of nitrogens with two attached hydrogens (primary N) is 1. The van der Waals surface area contributed by atoms with Crippen molar-refractivity contribution >= 4 is 21.4 Å². The molecule has 21 heavy (non-hydrogen) atoms. The highest BCUT2D eigenvalue weighted by molar-refractivity contribution is 7.89. The minimum atomic E-state index is -3.83. The normalized spacial score (nSPS) is 16.3. The second-order valence-corrected chi connectivity index (χ2v) is 7.01. The van der Waals surface area contributed by atoms with Crippen LogP contribution in [-0.4, -0.2) is 30.7 Å². The van der Waals surface area contributed by atoms with E-state index in [1.807, 2.05) is 0 Å². The summed E-state index contributed by atoms with van der Waals surface area (Å²) in [7, 11) is -2.33. The monoisotopic (exact) mass is 314 g/mol. The van der Waals surface area contributed by atoms with Crippen molar-refractivity contribution in [3.05, 3.63) is 28.3 Å². The number of anilines is 1. The van der Waals surface area contributed by atoms with E-state index in [2.05, 4.69) is 5.43 Å². The molecular formula is C12H18N4O4S. The van der Waals surface area contributed by atoms with E-state index in [1.165, 1.54) is 23.5 Å². The van der Waals surface area contributed by atoms with Crippen molar-refractivity contribution in [1.82, 2.24) is 4.31 Å². The Bertz CT molecular complexity index is 641. The number of non-ortho nitro benzene ring substituents is 1. The van der Waals surface area contributed by atoms with Gasteiger partial charge < -0.3 is 5.43 Å². The topological polar surface area (TPSA) is 119 Å². The second-order valence-electron chi connectivity index (χ2n) is 5.04. The van der Waals surface area contributed by atoms with Crippen LogP contribution in [0.1, 0.15) is 25.7 Å². The smallest absolute Gasteiger partial charge is 0.270 e. The zero-order valence-corrected chi connectivity index (χ0v) is 12.5. The molecule has 0 bridgehead atoms. The lowest BCUT2D eigenvalue weighted by Crippen LogP contribution is -2.35. The zero-order valence-electron chi connectivity index (χ0n) is 11.7. The standard InChI is InChI=1S/C12H18N4O4S/c1-15(9-4-2-3-5-9)21(19,20)12-8-10(16(17)18)6-7-11(12)14-13/h6-9,14H,2-5,13H2,1H3. The number of nitrogens with one attached hydrogen (secondary N) is 1. The summed E-state index contributed by atoms with van der Waals surface area (Å²) < 4.78 is 26.7. The van der Waals surface area contributed by atoms with E-state index in [0.717, 1.165) is 31.7 Å².